The van der Waals surface area contributed by atoms with Crippen LogP contribution < -0.4 is 0 Å². The van der Waals surface area contributed by atoms with Crippen LogP contribution >= 0.6 is 0 Å². The standard InChI is InChI=1S/C15H24N2O2/c1-11(15(19)16-7-3-2-4-8-16)17-12-5-6-13(17)10-14(18)9-12/h11-13H,2-10H2,1H3. The molecule has 4 nitrogen and oxygen atoms in total. The fourth-order valence-electron chi connectivity index (χ4n) is 4.14. The zero-order valence-corrected chi connectivity index (χ0v) is 11.8. The molecule has 3 aliphatic heterocycles. The SMILES string of the molecule is CC(C(=O)N1CCCCC1)N1C2CCC1CC(=O)C2. The second-order valence-electron chi connectivity index (χ2n) is 6.34. The number of piperidine rings is 2. The minimum atomic E-state index is -0.0382. The summed E-state index contributed by atoms with van der Waals surface area (Å²) in [5, 5.41) is 0. The summed E-state index contributed by atoms with van der Waals surface area (Å²) in [6, 6.07) is 0.619. The molecule has 0 aromatic carbocycles. The number of Topliss-reactive ketones (excluding diaryl/α,β-unsaturated/α-hetero) is 1. The van der Waals surface area contributed by atoms with Crippen molar-refractivity contribution < 1.29 is 9.59 Å². The highest BCUT2D eigenvalue weighted by Gasteiger charge is 2.44. The fourth-order valence-corrected chi connectivity index (χ4v) is 4.14. The third-order valence-electron chi connectivity index (χ3n) is 5.08. The lowest BCUT2D eigenvalue weighted by molar-refractivity contribution is -0.141. The number of carbonyl (C=O) groups excluding carboxylic acids is 2. The van der Waals surface area contributed by atoms with Crippen molar-refractivity contribution in [2.75, 3.05) is 13.1 Å². The molecule has 3 fully saturated rings. The van der Waals surface area contributed by atoms with E-state index in [1.807, 2.05) is 11.8 Å². The molecule has 3 saturated heterocycles. The average Bonchev–Trinajstić information content (AvgIpc) is 2.70. The number of ketones is 1. The maximum Gasteiger partial charge on any atom is 0.239 e. The zero-order chi connectivity index (χ0) is 13.4. The summed E-state index contributed by atoms with van der Waals surface area (Å²) >= 11 is 0. The van der Waals surface area contributed by atoms with Crippen LogP contribution in [0.1, 0.15) is 51.9 Å². The Morgan fingerprint density at radius 3 is 2.26 bits per heavy atom. The highest BCUT2D eigenvalue weighted by molar-refractivity contribution is 5.84. The third-order valence-corrected chi connectivity index (χ3v) is 5.08. The summed E-state index contributed by atoms with van der Waals surface area (Å²) in [6.45, 7) is 3.88. The predicted molar refractivity (Wildman–Crippen MR) is 72.8 cm³/mol. The number of rotatable bonds is 2. The molecule has 0 aromatic heterocycles. The summed E-state index contributed by atoms with van der Waals surface area (Å²) in [5.74, 6) is 0.673. The van der Waals surface area contributed by atoms with Crippen LogP contribution in [0.3, 0.4) is 0 Å². The molecular weight excluding hydrogens is 240 g/mol. The van der Waals surface area contributed by atoms with Gasteiger partial charge in [0.1, 0.15) is 5.78 Å². The molecule has 0 saturated carbocycles. The third kappa shape index (κ3) is 2.42. The molecule has 3 aliphatic rings. The highest BCUT2D eigenvalue weighted by atomic mass is 16.2. The molecule has 3 heterocycles. The van der Waals surface area contributed by atoms with Gasteiger partial charge in [-0.15, -0.1) is 0 Å². The van der Waals surface area contributed by atoms with Crippen LogP contribution in [0.5, 0.6) is 0 Å². The van der Waals surface area contributed by atoms with E-state index in [1.165, 1.54) is 6.42 Å². The number of amides is 1. The molecule has 3 rings (SSSR count). The van der Waals surface area contributed by atoms with E-state index in [9.17, 15) is 9.59 Å². The second-order valence-corrected chi connectivity index (χ2v) is 6.34. The monoisotopic (exact) mass is 264 g/mol. The van der Waals surface area contributed by atoms with Crippen molar-refractivity contribution in [2.45, 2.75) is 70.0 Å². The van der Waals surface area contributed by atoms with E-state index in [0.717, 1.165) is 38.8 Å². The summed E-state index contributed by atoms with van der Waals surface area (Å²) in [4.78, 5) is 28.6. The van der Waals surface area contributed by atoms with Gasteiger partial charge in [0.15, 0.2) is 0 Å². The second kappa shape index (κ2) is 5.23. The van der Waals surface area contributed by atoms with E-state index >= 15 is 0 Å². The van der Waals surface area contributed by atoms with Crippen molar-refractivity contribution in [3.05, 3.63) is 0 Å². The van der Waals surface area contributed by atoms with Crippen molar-refractivity contribution in [3.63, 3.8) is 0 Å². The molecule has 106 valence electrons. The van der Waals surface area contributed by atoms with Gasteiger partial charge in [0.25, 0.3) is 0 Å². The van der Waals surface area contributed by atoms with Crippen LogP contribution in [0.4, 0.5) is 0 Å². The molecule has 3 unspecified atom stereocenters. The summed E-state index contributed by atoms with van der Waals surface area (Å²) in [5.41, 5.74) is 0. The Bertz CT molecular complexity index is 360. The van der Waals surface area contributed by atoms with Crippen molar-refractivity contribution in [1.82, 2.24) is 9.80 Å². The number of hydrogen-bond donors (Lipinski definition) is 0. The van der Waals surface area contributed by atoms with Gasteiger partial charge in [0.05, 0.1) is 6.04 Å². The van der Waals surface area contributed by atoms with Crippen LogP contribution in [0, 0.1) is 0 Å². The van der Waals surface area contributed by atoms with Gasteiger partial charge in [-0.2, -0.15) is 0 Å². The van der Waals surface area contributed by atoms with E-state index in [-0.39, 0.29) is 11.9 Å². The molecule has 4 heteroatoms. The Morgan fingerprint density at radius 2 is 1.68 bits per heavy atom. The molecule has 1 amide bonds. The molecule has 3 atom stereocenters. The van der Waals surface area contributed by atoms with E-state index in [0.29, 0.717) is 30.7 Å². The molecule has 0 radical (unpaired) electrons. The van der Waals surface area contributed by atoms with Crippen molar-refractivity contribution in [1.29, 1.82) is 0 Å². The quantitative estimate of drug-likeness (QED) is 0.760. The van der Waals surface area contributed by atoms with E-state index in [4.69, 9.17) is 0 Å². The normalized spacial score (nSPS) is 33.5. The smallest absolute Gasteiger partial charge is 0.239 e. The predicted octanol–water partition coefficient (Wildman–Crippen LogP) is 1.58. The highest BCUT2D eigenvalue weighted by Crippen LogP contribution is 2.36. The summed E-state index contributed by atoms with van der Waals surface area (Å²) < 4.78 is 0. The number of carbonyl (C=O) groups is 2. The molecule has 0 spiro atoms. The summed E-state index contributed by atoms with van der Waals surface area (Å²) in [7, 11) is 0. The van der Waals surface area contributed by atoms with Crippen LogP contribution in [-0.4, -0.2) is 52.7 Å². The van der Waals surface area contributed by atoms with Gasteiger partial charge in [0, 0.05) is 38.0 Å². The number of nitrogens with zero attached hydrogens (tertiary/aromatic N) is 2. The Balaban J connectivity index is 1.68. The first kappa shape index (κ1) is 13.1. The first-order valence-electron chi connectivity index (χ1n) is 7.75. The van der Waals surface area contributed by atoms with Crippen LogP contribution in [0.2, 0.25) is 0 Å². The molecule has 2 bridgehead atoms. The molecular formula is C15H24N2O2. The Hall–Kier alpha value is -0.900. The lowest BCUT2D eigenvalue weighted by atomic mass is 9.98. The van der Waals surface area contributed by atoms with E-state index in [1.54, 1.807) is 0 Å². The van der Waals surface area contributed by atoms with Gasteiger partial charge in [-0.1, -0.05) is 0 Å². The largest absolute Gasteiger partial charge is 0.341 e. The van der Waals surface area contributed by atoms with Crippen molar-refractivity contribution >= 4 is 11.7 Å². The molecule has 0 aromatic rings. The lowest BCUT2D eigenvalue weighted by Gasteiger charge is -2.40. The van der Waals surface area contributed by atoms with Gasteiger partial charge < -0.3 is 4.90 Å². The van der Waals surface area contributed by atoms with Gasteiger partial charge in [-0.25, -0.2) is 0 Å². The van der Waals surface area contributed by atoms with Gasteiger partial charge in [-0.3, -0.25) is 14.5 Å². The van der Waals surface area contributed by atoms with Crippen molar-refractivity contribution in [2.24, 2.45) is 0 Å². The zero-order valence-electron chi connectivity index (χ0n) is 11.8. The Morgan fingerprint density at radius 1 is 1.11 bits per heavy atom. The number of fused-ring (bicyclic) bond motifs is 2. The average molecular weight is 264 g/mol. The minimum Gasteiger partial charge on any atom is -0.341 e. The first-order chi connectivity index (χ1) is 9.16. The summed E-state index contributed by atoms with van der Waals surface area (Å²) in [6.07, 6.45) is 7.04. The Labute approximate surface area is 115 Å². The number of likely N-dealkylation sites (tertiary alicyclic amines) is 1. The van der Waals surface area contributed by atoms with Crippen molar-refractivity contribution in [3.8, 4) is 0 Å². The van der Waals surface area contributed by atoms with Crippen LogP contribution in [-0.2, 0) is 9.59 Å². The number of hydrogen-bond acceptors (Lipinski definition) is 3. The van der Waals surface area contributed by atoms with Gasteiger partial charge in [-0.05, 0) is 39.0 Å². The topological polar surface area (TPSA) is 40.6 Å². The molecule has 0 aliphatic carbocycles. The fraction of sp³-hybridized carbons (Fsp3) is 0.867. The van der Waals surface area contributed by atoms with Crippen LogP contribution in [0.15, 0.2) is 0 Å². The lowest BCUT2D eigenvalue weighted by Crippen LogP contribution is -2.55. The van der Waals surface area contributed by atoms with E-state index < -0.39 is 0 Å². The van der Waals surface area contributed by atoms with Gasteiger partial charge in [0.2, 0.25) is 5.91 Å². The first-order valence-corrected chi connectivity index (χ1v) is 7.75. The maximum atomic E-state index is 12.6. The van der Waals surface area contributed by atoms with E-state index in [2.05, 4.69) is 4.90 Å². The molecule has 19 heavy (non-hydrogen) atoms. The molecule has 0 N–H and O–H groups in total. The van der Waals surface area contributed by atoms with Gasteiger partial charge >= 0.3 is 0 Å². The Kier molecular flexibility index (Phi) is 3.61. The van der Waals surface area contributed by atoms with Crippen LogP contribution in [0.25, 0.3) is 0 Å². The minimum absolute atomic E-state index is 0.0382. The maximum absolute atomic E-state index is 12.6.